The Morgan fingerprint density at radius 1 is 1.19 bits per heavy atom. The number of nitrogens with zero attached hydrogens (tertiary/aromatic N) is 1. The van der Waals surface area contributed by atoms with E-state index in [4.69, 9.17) is 11.6 Å². The van der Waals surface area contributed by atoms with E-state index in [0.29, 0.717) is 10.9 Å². The molecule has 0 aromatic heterocycles. The minimum absolute atomic E-state index is 0.0454. The molecule has 1 aliphatic heterocycles. The lowest BCUT2D eigenvalue weighted by atomic mass is 9.92. The Labute approximate surface area is 130 Å². The Hall–Kier alpha value is -1.80. The van der Waals surface area contributed by atoms with E-state index in [1.807, 2.05) is 47.4 Å². The normalized spacial score (nSPS) is 18.7. The van der Waals surface area contributed by atoms with Gasteiger partial charge in [-0.25, -0.2) is 0 Å². The van der Waals surface area contributed by atoms with E-state index in [1.165, 1.54) is 0 Å². The fraction of sp³-hybridized carbons (Fsp3) is 0.278. The smallest absolute Gasteiger partial charge is 0.259 e. The fourth-order valence-corrected chi connectivity index (χ4v) is 3.19. The van der Waals surface area contributed by atoms with Gasteiger partial charge in [0.15, 0.2) is 0 Å². The van der Waals surface area contributed by atoms with Gasteiger partial charge in [-0.1, -0.05) is 56.1 Å². The van der Waals surface area contributed by atoms with Crippen molar-refractivity contribution in [3.05, 3.63) is 64.7 Å². The summed E-state index contributed by atoms with van der Waals surface area (Å²) in [5.74, 6) is 0.431. The maximum atomic E-state index is 12.8. The molecule has 2 aromatic carbocycles. The van der Waals surface area contributed by atoms with Crippen LogP contribution in [0.5, 0.6) is 0 Å². The molecule has 0 bridgehead atoms. The molecule has 0 spiro atoms. The SMILES string of the molecule is CCC(C)C1c2ccc(Cl)cc2C(=O)N1c1ccccc1. The van der Waals surface area contributed by atoms with Crippen molar-refractivity contribution >= 4 is 23.2 Å². The predicted molar refractivity (Wildman–Crippen MR) is 86.9 cm³/mol. The van der Waals surface area contributed by atoms with Crippen molar-refractivity contribution in [2.24, 2.45) is 5.92 Å². The lowest BCUT2D eigenvalue weighted by Gasteiger charge is -2.29. The van der Waals surface area contributed by atoms with Crippen molar-refractivity contribution in [1.82, 2.24) is 0 Å². The number of amides is 1. The number of carbonyl (C=O) groups is 1. The highest BCUT2D eigenvalue weighted by Crippen LogP contribution is 2.43. The van der Waals surface area contributed by atoms with Gasteiger partial charge in [0.05, 0.1) is 6.04 Å². The Balaban J connectivity index is 2.14. The summed E-state index contributed by atoms with van der Waals surface area (Å²) in [5, 5.41) is 0.611. The summed E-state index contributed by atoms with van der Waals surface area (Å²) in [7, 11) is 0. The monoisotopic (exact) mass is 299 g/mol. The number of hydrogen-bond acceptors (Lipinski definition) is 1. The van der Waals surface area contributed by atoms with E-state index in [0.717, 1.165) is 23.2 Å². The van der Waals surface area contributed by atoms with Gasteiger partial charge in [0, 0.05) is 16.3 Å². The molecule has 2 atom stereocenters. The van der Waals surface area contributed by atoms with Crippen LogP contribution in [0.3, 0.4) is 0 Å². The van der Waals surface area contributed by atoms with Gasteiger partial charge in [-0.3, -0.25) is 4.79 Å². The topological polar surface area (TPSA) is 20.3 Å². The largest absolute Gasteiger partial charge is 0.301 e. The fourth-order valence-electron chi connectivity index (χ4n) is 3.02. The summed E-state index contributed by atoms with van der Waals surface area (Å²) in [5.41, 5.74) is 2.76. The molecule has 2 nitrogen and oxygen atoms in total. The summed E-state index contributed by atoms with van der Waals surface area (Å²) in [6.07, 6.45) is 1.02. The van der Waals surface area contributed by atoms with Crippen LogP contribution in [0.15, 0.2) is 48.5 Å². The molecule has 2 aromatic rings. The second kappa shape index (κ2) is 5.53. The minimum Gasteiger partial charge on any atom is -0.301 e. The maximum Gasteiger partial charge on any atom is 0.259 e. The molecule has 0 saturated carbocycles. The van der Waals surface area contributed by atoms with Crippen LogP contribution in [0.4, 0.5) is 5.69 Å². The van der Waals surface area contributed by atoms with E-state index in [1.54, 1.807) is 6.07 Å². The van der Waals surface area contributed by atoms with E-state index >= 15 is 0 Å². The molecule has 0 radical (unpaired) electrons. The zero-order valence-corrected chi connectivity index (χ0v) is 13.0. The van der Waals surface area contributed by atoms with Crippen LogP contribution in [0.1, 0.15) is 42.2 Å². The zero-order chi connectivity index (χ0) is 15.0. The van der Waals surface area contributed by atoms with E-state index < -0.39 is 0 Å². The van der Waals surface area contributed by atoms with Crippen LogP contribution in [0.2, 0.25) is 5.02 Å². The molecular weight excluding hydrogens is 282 g/mol. The third-order valence-corrected chi connectivity index (χ3v) is 4.51. The lowest BCUT2D eigenvalue weighted by molar-refractivity contribution is 0.0986. The molecular formula is C18H18ClNO. The number of benzene rings is 2. The van der Waals surface area contributed by atoms with Gasteiger partial charge in [-0.15, -0.1) is 0 Å². The van der Waals surface area contributed by atoms with Crippen LogP contribution in [-0.4, -0.2) is 5.91 Å². The molecule has 0 fully saturated rings. The van der Waals surface area contributed by atoms with Crippen molar-refractivity contribution in [3.63, 3.8) is 0 Å². The first-order valence-electron chi connectivity index (χ1n) is 7.31. The minimum atomic E-state index is 0.0454. The standard InChI is InChI=1S/C18H18ClNO/c1-3-12(2)17-15-10-9-13(19)11-16(15)18(21)20(17)14-7-5-4-6-8-14/h4-12,17H,3H2,1-2H3. The molecule has 1 aliphatic rings. The van der Waals surface area contributed by atoms with Crippen LogP contribution >= 0.6 is 11.6 Å². The van der Waals surface area contributed by atoms with Crippen molar-refractivity contribution in [2.75, 3.05) is 4.90 Å². The van der Waals surface area contributed by atoms with Gasteiger partial charge < -0.3 is 4.90 Å². The number of para-hydroxylation sites is 1. The summed E-state index contributed by atoms with van der Waals surface area (Å²) < 4.78 is 0. The van der Waals surface area contributed by atoms with Gasteiger partial charge in [0.2, 0.25) is 0 Å². The van der Waals surface area contributed by atoms with Crippen LogP contribution < -0.4 is 4.90 Å². The predicted octanol–water partition coefficient (Wildman–Crippen LogP) is 5.09. The number of halogens is 1. The molecule has 2 unspecified atom stereocenters. The van der Waals surface area contributed by atoms with E-state index in [2.05, 4.69) is 13.8 Å². The molecule has 3 heteroatoms. The number of anilines is 1. The van der Waals surface area contributed by atoms with Crippen LogP contribution in [0, 0.1) is 5.92 Å². The van der Waals surface area contributed by atoms with Crippen molar-refractivity contribution < 1.29 is 4.79 Å². The van der Waals surface area contributed by atoms with Crippen LogP contribution in [-0.2, 0) is 0 Å². The number of carbonyl (C=O) groups excluding carboxylic acids is 1. The average molecular weight is 300 g/mol. The highest BCUT2D eigenvalue weighted by atomic mass is 35.5. The molecule has 21 heavy (non-hydrogen) atoms. The van der Waals surface area contributed by atoms with Gasteiger partial charge in [-0.2, -0.15) is 0 Å². The van der Waals surface area contributed by atoms with E-state index in [9.17, 15) is 4.79 Å². The Morgan fingerprint density at radius 3 is 2.57 bits per heavy atom. The number of rotatable bonds is 3. The number of hydrogen-bond donors (Lipinski definition) is 0. The quantitative estimate of drug-likeness (QED) is 0.773. The van der Waals surface area contributed by atoms with Gasteiger partial charge in [0.25, 0.3) is 5.91 Å². The highest BCUT2D eigenvalue weighted by molar-refractivity contribution is 6.31. The molecule has 1 heterocycles. The second-order valence-corrected chi connectivity index (χ2v) is 6.01. The maximum absolute atomic E-state index is 12.8. The molecule has 108 valence electrons. The van der Waals surface area contributed by atoms with Gasteiger partial charge in [-0.05, 0) is 35.7 Å². The Bertz CT molecular complexity index is 668. The molecule has 3 rings (SSSR count). The summed E-state index contributed by atoms with van der Waals surface area (Å²) in [6.45, 7) is 4.35. The molecule has 0 aliphatic carbocycles. The highest BCUT2D eigenvalue weighted by Gasteiger charge is 2.39. The van der Waals surface area contributed by atoms with Crippen molar-refractivity contribution in [2.45, 2.75) is 26.3 Å². The summed E-state index contributed by atoms with van der Waals surface area (Å²) in [6, 6.07) is 15.6. The third kappa shape index (κ3) is 2.34. The zero-order valence-electron chi connectivity index (χ0n) is 12.2. The summed E-state index contributed by atoms with van der Waals surface area (Å²) in [4.78, 5) is 14.8. The van der Waals surface area contributed by atoms with Gasteiger partial charge >= 0.3 is 0 Å². The first-order valence-corrected chi connectivity index (χ1v) is 7.69. The molecule has 0 saturated heterocycles. The average Bonchev–Trinajstić information content (AvgIpc) is 2.80. The Morgan fingerprint density at radius 2 is 1.90 bits per heavy atom. The number of fused-ring (bicyclic) bond motifs is 1. The van der Waals surface area contributed by atoms with Crippen LogP contribution in [0.25, 0.3) is 0 Å². The van der Waals surface area contributed by atoms with Gasteiger partial charge in [0.1, 0.15) is 0 Å². The lowest BCUT2D eigenvalue weighted by Crippen LogP contribution is -2.31. The molecule has 1 amide bonds. The van der Waals surface area contributed by atoms with E-state index in [-0.39, 0.29) is 11.9 Å². The molecule has 0 N–H and O–H groups in total. The first kappa shape index (κ1) is 14.2. The summed E-state index contributed by atoms with van der Waals surface area (Å²) >= 11 is 6.07. The van der Waals surface area contributed by atoms with Crippen molar-refractivity contribution in [1.29, 1.82) is 0 Å². The third-order valence-electron chi connectivity index (χ3n) is 4.28. The first-order chi connectivity index (χ1) is 10.1. The van der Waals surface area contributed by atoms with Crippen molar-refractivity contribution in [3.8, 4) is 0 Å². The Kier molecular flexibility index (Phi) is 3.73. The second-order valence-electron chi connectivity index (χ2n) is 5.57.